The molecule has 4 aromatic rings. The van der Waals surface area contributed by atoms with Crippen LogP contribution in [0.15, 0.2) is 65.1 Å². The van der Waals surface area contributed by atoms with E-state index in [9.17, 15) is 19.2 Å². The number of aryl methyl sites for hydroxylation is 1. The third kappa shape index (κ3) is 4.93. The van der Waals surface area contributed by atoms with Crippen molar-refractivity contribution in [3.05, 3.63) is 86.8 Å². The Morgan fingerprint density at radius 3 is 2.24 bits per heavy atom. The maximum atomic E-state index is 13.5. The van der Waals surface area contributed by atoms with Gasteiger partial charge in [0.2, 0.25) is 11.8 Å². The van der Waals surface area contributed by atoms with Crippen molar-refractivity contribution in [1.29, 1.82) is 0 Å². The maximum Gasteiger partial charge on any atom is 0.339 e. The minimum atomic E-state index is -0.690. The monoisotopic (exact) mass is 686 g/mol. The first kappa shape index (κ1) is 29.6. The van der Waals surface area contributed by atoms with Crippen LogP contribution >= 0.6 is 27.5 Å². The van der Waals surface area contributed by atoms with Crippen molar-refractivity contribution in [3.8, 4) is 17.0 Å². The molecule has 8 nitrogen and oxygen atoms in total. The fourth-order valence-electron chi connectivity index (χ4n) is 7.29. The number of hydrogen-bond acceptors (Lipinski definition) is 7. The quantitative estimate of drug-likeness (QED) is 0.115. The van der Waals surface area contributed by atoms with E-state index in [1.165, 1.54) is 12.0 Å². The van der Waals surface area contributed by atoms with Gasteiger partial charge in [0, 0.05) is 21.0 Å². The number of halogens is 2. The summed E-state index contributed by atoms with van der Waals surface area (Å²) in [7, 11) is 1.54. The predicted molar refractivity (Wildman–Crippen MR) is 173 cm³/mol. The molecule has 1 aromatic heterocycles. The molecule has 0 N–H and O–H groups in total. The van der Waals surface area contributed by atoms with E-state index in [1.807, 2.05) is 6.92 Å². The molecule has 4 unspecified atom stereocenters. The largest absolute Gasteiger partial charge is 0.497 e. The van der Waals surface area contributed by atoms with Crippen LogP contribution in [0.2, 0.25) is 5.02 Å². The summed E-state index contributed by atoms with van der Waals surface area (Å²) < 4.78 is 11.2. The molecule has 2 bridgehead atoms. The van der Waals surface area contributed by atoms with Crippen molar-refractivity contribution in [1.82, 2.24) is 4.98 Å². The highest BCUT2D eigenvalue weighted by molar-refractivity contribution is 9.10. The van der Waals surface area contributed by atoms with Gasteiger partial charge in [-0.3, -0.25) is 19.3 Å². The Kier molecular flexibility index (Phi) is 7.49. The molecule has 10 heteroatoms. The minimum absolute atomic E-state index is 0.0983. The van der Waals surface area contributed by atoms with Crippen LogP contribution in [0.3, 0.4) is 0 Å². The second-order valence-electron chi connectivity index (χ2n) is 11.9. The number of fused-ring (bicyclic) bond motifs is 6. The number of carbonyl (C=O) groups excluding carboxylic acids is 4. The van der Waals surface area contributed by atoms with E-state index in [2.05, 4.69) is 15.9 Å². The van der Waals surface area contributed by atoms with E-state index in [1.54, 1.807) is 60.7 Å². The number of carbonyl (C=O) groups is 4. The van der Waals surface area contributed by atoms with Gasteiger partial charge in [-0.25, -0.2) is 9.78 Å². The molecule has 1 aliphatic heterocycles. The molecule has 7 rings (SSSR count). The number of imide groups is 1. The van der Waals surface area contributed by atoms with E-state index in [0.29, 0.717) is 66.1 Å². The van der Waals surface area contributed by atoms with Gasteiger partial charge in [0.1, 0.15) is 5.75 Å². The van der Waals surface area contributed by atoms with Crippen LogP contribution in [0.1, 0.15) is 45.5 Å². The molecule has 3 aromatic carbocycles. The molecule has 228 valence electrons. The Morgan fingerprint density at radius 2 is 1.62 bits per heavy atom. The average molecular weight is 688 g/mol. The zero-order valence-corrected chi connectivity index (χ0v) is 26.9. The van der Waals surface area contributed by atoms with Crippen molar-refractivity contribution in [2.24, 2.45) is 23.7 Å². The molecular weight excluding hydrogens is 660 g/mol. The van der Waals surface area contributed by atoms with Gasteiger partial charge in [-0.15, -0.1) is 0 Å². The van der Waals surface area contributed by atoms with Gasteiger partial charge in [-0.05, 0) is 108 Å². The van der Waals surface area contributed by atoms with Gasteiger partial charge in [0.05, 0.1) is 46.4 Å². The standard InChI is InChI=1S/C35H28BrClN2O6/c1-17-31(37)26(36)14-24-25(35(43)45-16-28(40)19-7-11-23(44-2)12-8-19)15-27(38-32(17)24)18-5-9-22(10-6-18)39-33(41)29-20-3-4-21(13-20)30(29)34(39)42/h5-12,14-15,20-21,29-30H,3-4,13,16H2,1-2H3. The maximum absolute atomic E-state index is 13.5. The number of anilines is 1. The van der Waals surface area contributed by atoms with E-state index >= 15 is 0 Å². The Bertz CT molecular complexity index is 1880. The smallest absolute Gasteiger partial charge is 0.339 e. The van der Waals surface area contributed by atoms with Crippen molar-refractivity contribution in [2.45, 2.75) is 26.2 Å². The molecule has 4 atom stereocenters. The lowest BCUT2D eigenvalue weighted by molar-refractivity contribution is -0.123. The summed E-state index contributed by atoms with van der Waals surface area (Å²) in [6.07, 6.45) is 3.02. The fourth-order valence-corrected chi connectivity index (χ4v) is 7.96. The van der Waals surface area contributed by atoms with E-state index in [-0.39, 0.29) is 35.0 Å². The van der Waals surface area contributed by atoms with Crippen LogP contribution in [0, 0.1) is 30.6 Å². The molecule has 2 heterocycles. The number of hydrogen-bond donors (Lipinski definition) is 0. The molecule has 1 saturated heterocycles. The van der Waals surface area contributed by atoms with E-state index in [4.69, 9.17) is 26.1 Å². The van der Waals surface area contributed by atoms with Crippen LogP contribution < -0.4 is 9.64 Å². The molecule has 2 aliphatic carbocycles. The Labute approximate surface area is 272 Å². The first-order valence-electron chi connectivity index (χ1n) is 14.8. The zero-order chi connectivity index (χ0) is 31.6. The number of methoxy groups -OCH3 is 1. The highest BCUT2D eigenvalue weighted by Crippen LogP contribution is 2.56. The number of Topliss-reactive ketones (excluding diaryl/α,β-unsaturated/α-hetero) is 1. The summed E-state index contributed by atoms with van der Waals surface area (Å²) in [5.41, 5.74) is 3.45. The number of ether oxygens (including phenoxy) is 2. The zero-order valence-electron chi connectivity index (χ0n) is 24.5. The number of benzene rings is 3. The van der Waals surface area contributed by atoms with Crippen molar-refractivity contribution in [2.75, 3.05) is 18.6 Å². The third-order valence-corrected chi connectivity index (χ3v) is 10.9. The second-order valence-corrected chi connectivity index (χ2v) is 13.2. The summed E-state index contributed by atoms with van der Waals surface area (Å²) in [6, 6.07) is 16.9. The van der Waals surface area contributed by atoms with E-state index < -0.39 is 12.6 Å². The number of pyridine rings is 1. The third-order valence-electron chi connectivity index (χ3n) is 9.54. The van der Waals surface area contributed by atoms with Gasteiger partial charge >= 0.3 is 5.97 Å². The molecule has 0 spiro atoms. The Balaban J connectivity index is 1.19. The van der Waals surface area contributed by atoms with Crippen LogP contribution in [0.5, 0.6) is 5.75 Å². The van der Waals surface area contributed by atoms with E-state index in [0.717, 1.165) is 19.3 Å². The lowest BCUT2D eigenvalue weighted by Crippen LogP contribution is -2.32. The molecule has 2 saturated carbocycles. The number of esters is 1. The van der Waals surface area contributed by atoms with Gasteiger partial charge in [0.15, 0.2) is 12.4 Å². The summed E-state index contributed by atoms with van der Waals surface area (Å²) in [4.78, 5) is 59.1. The van der Waals surface area contributed by atoms with Gasteiger partial charge in [0.25, 0.3) is 0 Å². The summed E-state index contributed by atoms with van der Waals surface area (Å²) >= 11 is 10.0. The van der Waals surface area contributed by atoms with Crippen LogP contribution in [0.25, 0.3) is 22.2 Å². The Hall–Kier alpha value is -4.08. The number of nitrogens with zero attached hydrogens (tertiary/aromatic N) is 2. The summed E-state index contributed by atoms with van der Waals surface area (Å²) in [6.45, 7) is 1.36. The lowest BCUT2D eigenvalue weighted by atomic mass is 9.81. The molecule has 3 fully saturated rings. The SMILES string of the molecule is COc1ccc(C(=O)COC(=O)c2cc(-c3ccc(N4C(=O)C5C6CCC(C6)C5C4=O)cc3)nc3c(C)c(Cl)c(Br)cc23)cc1. The molecule has 3 aliphatic rings. The average Bonchev–Trinajstić information content (AvgIpc) is 3.75. The normalized spacial score (nSPS) is 21.8. The first-order chi connectivity index (χ1) is 21.7. The van der Waals surface area contributed by atoms with Crippen molar-refractivity contribution >= 4 is 67.7 Å². The molecule has 0 radical (unpaired) electrons. The molecular formula is C35H28BrClN2O6. The van der Waals surface area contributed by atoms with Crippen molar-refractivity contribution in [3.63, 3.8) is 0 Å². The molecule has 45 heavy (non-hydrogen) atoms. The predicted octanol–water partition coefficient (Wildman–Crippen LogP) is 7.21. The molecule has 2 amide bonds. The lowest BCUT2D eigenvalue weighted by Gasteiger charge is -2.19. The second kappa shape index (κ2) is 11.4. The first-order valence-corrected chi connectivity index (χ1v) is 15.9. The Morgan fingerprint density at radius 1 is 0.978 bits per heavy atom. The minimum Gasteiger partial charge on any atom is -0.497 e. The van der Waals surface area contributed by atoms with Crippen LogP contribution in [-0.2, 0) is 14.3 Å². The highest BCUT2D eigenvalue weighted by Gasteiger charge is 2.61. The van der Waals surface area contributed by atoms with Gasteiger partial charge in [-0.2, -0.15) is 0 Å². The highest BCUT2D eigenvalue weighted by atomic mass is 79.9. The number of amides is 2. The topological polar surface area (TPSA) is 103 Å². The van der Waals surface area contributed by atoms with Crippen LogP contribution in [0.4, 0.5) is 5.69 Å². The summed E-state index contributed by atoms with van der Waals surface area (Å²) in [5, 5.41) is 0.975. The van der Waals surface area contributed by atoms with Gasteiger partial charge < -0.3 is 9.47 Å². The van der Waals surface area contributed by atoms with Crippen LogP contribution in [-0.4, -0.2) is 42.3 Å². The van der Waals surface area contributed by atoms with Gasteiger partial charge in [-0.1, -0.05) is 23.7 Å². The number of rotatable bonds is 7. The number of ketones is 1. The fraction of sp³-hybridized carbons (Fsp3) is 0.286. The number of aromatic nitrogens is 1. The van der Waals surface area contributed by atoms with Crippen molar-refractivity contribution < 1.29 is 28.7 Å². The summed E-state index contributed by atoms with van der Waals surface area (Å²) in [5.74, 6) is -0.415.